The first-order chi connectivity index (χ1) is 27.8. The van der Waals surface area contributed by atoms with Crippen LogP contribution in [-0.4, -0.2) is 70.5 Å². The van der Waals surface area contributed by atoms with E-state index in [0.29, 0.717) is 16.2 Å². The largest absolute Gasteiger partial charge is 0.744 e. The Bertz CT molecular complexity index is 2150. The number of esters is 2. The molecule has 4 amide bonds. The smallest absolute Gasteiger partial charge is 0.335 e. The van der Waals surface area contributed by atoms with Gasteiger partial charge in [-0.15, -0.1) is 5.06 Å². The van der Waals surface area contributed by atoms with Gasteiger partial charge >= 0.3 is 17.9 Å². The summed E-state index contributed by atoms with van der Waals surface area (Å²) in [5.74, 6) is -13.2. The Morgan fingerprint density at radius 1 is 0.705 bits per heavy atom. The predicted molar refractivity (Wildman–Crippen MR) is 208 cm³/mol. The van der Waals surface area contributed by atoms with Crippen molar-refractivity contribution < 1.29 is 78.4 Å². The van der Waals surface area contributed by atoms with E-state index in [9.17, 15) is 64.1 Å². The maximum atomic E-state index is 13.3. The standard InChI is InChI=1S/C11H10F4O2.C10H10Cl2O5S.C9H13NO4.C9H13NO2/c1-4(2)11(16)17-10-8(14)6(12)5(3)7(13)9(10)15;1-5(2)10(13)17-9-7(11)3-6(4-8(9)12)18(14,15)16;1-5(2)9(13)14-10-7(11)4-6(3)8(10)12;1-5(2)10-8(11)6(3)7(4)9(10)12/h4H,1-3H3;3-5H,1-2H3,(H,14,15,16);5-6H,4H2,1-3H3;5H,1-4H3/p-1. The highest BCUT2D eigenvalue weighted by molar-refractivity contribution is 7.85. The molecule has 2 aliphatic heterocycles. The Balaban J connectivity index is 0.000000411. The van der Waals surface area contributed by atoms with E-state index in [1.165, 1.54) is 18.7 Å². The monoisotopic (exact) mass is 927 g/mol. The van der Waals surface area contributed by atoms with Crippen molar-refractivity contribution in [1.29, 1.82) is 0 Å². The van der Waals surface area contributed by atoms with Crippen molar-refractivity contribution >= 4 is 74.9 Å². The molecule has 1 fully saturated rings. The van der Waals surface area contributed by atoms with E-state index in [1.807, 2.05) is 13.8 Å². The summed E-state index contributed by atoms with van der Waals surface area (Å²) in [6, 6.07) is 1.73. The number of halogens is 6. The van der Waals surface area contributed by atoms with Gasteiger partial charge < -0.3 is 18.9 Å². The van der Waals surface area contributed by atoms with Crippen molar-refractivity contribution in [3.8, 4) is 11.5 Å². The van der Waals surface area contributed by atoms with Crippen molar-refractivity contribution in [1.82, 2.24) is 9.96 Å². The summed E-state index contributed by atoms with van der Waals surface area (Å²) in [5.41, 5.74) is 0.353. The van der Waals surface area contributed by atoms with Crippen molar-refractivity contribution in [3.05, 3.63) is 62.2 Å². The van der Waals surface area contributed by atoms with Crippen LogP contribution in [0.2, 0.25) is 10.0 Å². The van der Waals surface area contributed by atoms with Crippen LogP contribution >= 0.6 is 23.2 Å². The number of ether oxygens (including phenoxy) is 2. The quantitative estimate of drug-likeness (QED) is 0.0643. The summed E-state index contributed by atoms with van der Waals surface area (Å²) >= 11 is 11.4. The van der Waals surface area contributed by atoms with Crippen LogP contribution in [0.5, 0.6) is 11.5 Å². The molecule has 2 aromatic carbocycles. The van der Waals surface area contributed by atoms with Crippen molar-refractivity contribution in [2.24, 2.45) is 23.7 Å². The maximum Gasteiger partial charge on any atom is 0.335 e. The summed E-state index contributed by atoms with van der Waals surface area (Å²) in [7, 11) is -4.67. The number of hydrogen-bond donors (Lipinski definition) is 0. The first-order valence-electron chi connectivity index (χ1n) is 18.1. The van der Waals surface area contributed by atoms with Crippen LogP contribution in [0.25, 0.3) is 0 Å². The number of rotatable bonds is 8. The van der Waals surface area contributed by atoms with Crippen LogP contribution in [0.4, 0.5) is 17.6 Å². The van der Waals surface area contributed by atoms with Gasteiger partial charge in [-0.2, -0.15) is 8.78 Å². The molecule has 0 bridgehead atoms. The van der Waals surface area contributed by atoms with Gasteiger partial charge in [0.05, 0.1) is 32.7 Å². The van der Waals surface area contributed by atoms with Gasteiger partial charge in [-0.3, -0.25) is 33.7 Å². The Morgan fingerprint density at radius 2 is 1.08 bits per heavy atom. The van der Waals surface area contributed by atoms with Crippen LogP contribution < -0.4 is 9.47 Å². The van der Waals surface area contributed by atoms with Crippen molar-refractivity contribution in [3.63, 3.8) is 0 Å². The molecule has 22 heteroatoms. The molecule has 338 valence electrons. The molecule has 1 unspecified atom stereocenters. The van der Waals surface area contributed by atoms with Crippen LogP contribution in [-0.2, 0) is 48.5 Å². The fourth-order valence-corrected chi connectivity index (χ4v) is 5.53. The van der Waals surface area contributed by atoms with E-state index in [4.69, 9.17) is 27.9 Å². The minimum atomic E-state index is -4.67. The molecule has 0 N–H and O–H groups in total. The lowest BCUT2D eigenvalue weighted by molar-refractivity contribution is -0.200. The normalized spacial score (nSPS) is 15.2. The second-order valence-corrected chi connectivity index (χ2v) is 16.7. The molecule has 61 heavy (non-hydrogen) atoms. The van der Waals surface area contributed by atoms with Crippen LogP contribution in [0.3, 0.4) is 0 Å². The summed E-state index contributed by atoms with van der Waals surface area (Å²) in [5, 5.41) is 0.143. The van der Waals surface area contributed by atoms with Gasteiger partial charge in [-0.1, -0.05) is 71.7 Å². The third-order valence-electron chi connectivity index (χ3n) is 8.19. The van der Waals surface area contributed by atoms with Crippen LogP contribution in [0.15, 0.2) is 28.2 Å². The zero-order valence-corrected chi connectivity index (χ0v) is 37.5. The van der Waals surface area contributed by atoms with Gasteiger partial charge in [-0.05, 0) is 46.8 Å². The lowest BCUT2D eigenvalue weighted by Gasteiger charge is -2.18. The number of carbonyl (C=O) groups excluding carboxylic acids is 7. The highest BCUT2D eigenvalue weighted by Gasteiger charge is 2.39. The molecule has 0 saturated carbocycles. The fourth-order valence-electron chi connectivity index (χ4n) is 4.32. The molecule has 2 aromatic rings. The molecule has 4 rings (SSSR count). The zero-order chi connectivity index (χ0) is 47.8. The maximum absolute atomic E-state index is 13.3. The summed E-state index contributed by atoms with van der Waals surface area (Å²) in [6.45, 7) is 18.9. The molecule has 2 heterocycles. The van der Waals surface area contributed by atoms with E-state index in [1.54, 1.807) is 48.5 Å². The van der Waals surface area contributed by atoms with Gasteiger partial charge in [0.15, 0.2) is 17.4 Å². The molecule has 15 nitrogen and oxygen atoms in total. The highest BCUT2D eigenvalue weighted by atomic mass is 35.5. The fraction of sp³-hybridized carbons (Fsp3) is 0.462. The topological polar surface area (TPSA) is 211 Å². The Labute approximate surface area is 360 Å². The SMILES string of the molecule is CC(C)C(=O)ON1C(=O)CC(C)C1=O.CC(C)C(=O)Oc1c(Cl)cc(S(=O)(=O)[O-])cc1Cl.CC1=C(C)C(=O)N(C(C)C)C1=O.Cc1c(F)c(F)c(OC(=O)C(C)C)c(F)c1F. The number of nitrogens with zero attached hydrogens (tertiary/aromatic N) is 2. The molecule has 0 aliphatic carbocycles. The number of imide groups is 2. The van der Waals surface area contributed by atoms with Gasteiger partial charge in [0.1, 0.15) is 10.1 Å². The van der Waals surface area contributed by atoms with Crippen molar-refractivity contribution in [2.45, 2.75) is 100 Å². The first kappa shape index (κ1) is 54.1. The number of amides is 4. The number of carbonyl (C=O) groups is 7. The number of benzene rings is 2. The minimum absolute atomic E-state index is 0.0441. The lowest BCUT2D eigenvalue weighted by atomic mass is 10.1. The lowest BCUT2D eigenvalue weighted by Crippen LogP contribution is -2.37. The van der Waals surface area contributed by atoms with E-state index in [-0.39, 0.29) is 51.9 Å². The minimum Gasteiger partial charge on any atom is -0.744 e. The van der Waals surface area contributed by atoms with Crippen LogP contribution in [0.1, 0.15) is 88.1 Å². The first-order valence-corrected chi connectivity index (χ1v) is 20.3. The molecular formula is C39H45Cl2F4N2O13S-. The zero-order valence-electron chi connectivity index (χ0n) is 35.1. The van der Waals surface area contributed by atoms with Gasteiger partial charge in [0.25, 0.3) is 23.6 Å². The molecule has 1 atom stereocenters. The van der Waals surface area contributed by atoms with Gasteiger partial charge in [0.2, 0.25) is 17.4 Å². The highest BCUT2D eigenvalue weighted by Crippen LogP contribution is 2.36. The van der Waals surface area contributed by atoms with Crippen molar-refractivity contribution in [2.75, 3.05) is 0 Å². The Kier molecular flexibility index (Phi) is 19.7. The summed E-state index contributed by atoms with van der Waals surface area (Å²) in [6.07, 6.45) is 0.115. The van der Waals surface area contributed by atoms with Crippen LogP contribution in [0, 0.1) is 53.9 Å². The number of hydroxylamine groups is 2. The third kappa shape index (κ3) is 14.1. The molecule has 1 saturated heterocycles. The Morgan fingerprint density at radius 3 is 1.38 bits per heavy atom. The average molecular weight is 929 g/mol. The predicted octanol–water partition coefficient (Wildman–Crippen LogP) is 7.17. The van der Waals surface area contributed by atoms with Gasteiger partial charge in [-0.25, -0.2) is 22.0 Å². The molecule has 0 spiro atoms. The number of hydrogen-bond acceptors (Lipinski definition) is 13. The average Bonchev–Trinajstić information content (AvgIpc) is 3.51. The summed E-state index contributed by atoms with van der Waals surface area (Å²) in [4.78, 5) is 84.3. The molecular weight excluding hydrogens is 883 g/mol. The van der Waals surface area contributed by atoms with E-state index < -0.39 is 91.2 Å². The summed E-state index contributed by atoms with van der Waals surface area (Å²) < 4.78 is 94.3. The van der Waals surface area contributed by atoms with Gasteiger partial charge in [0, 0.05) is 35.1 Å². The molecule has 0 aromatic heterocycles. The Hall–Kier alpha value is -4.92. The third-order valence-corrected chi connectivity index (χ3v) is 9.57. The molecule has 2 aliphatic rings. The second-order valence-electron chi connectivity index (χ2n) is 14.6. The second kappa shape index (κ2) is 22.3. The van der Waals surface area contributed by atoms with E-state index in [2.05, 4.69) is 9.57 Å². The van der Waals surface area contributed by atoms with E-state index >= 15 is 0 Å². The van der Waals surface area contributed by atoms with E-state index in [0.717, 1.165) is 19.1 Å². The molecule has 0 radical (unpaired) electrons.